The van der Waals surface area contributed by atoms with Crippen molar-refractivity contribution in [3.05, 3.63) is 54.2 Å². The molecule has 7 nitrogen and oxygen atoms in total. The van der Waals surface area contributed by atoms with Crippen LogP contribution in [0.4, 0.5) is 5.69 Å². The zero-order valence-electron chi connectivity index (χ0n) is 21.3. The third kappa shape index (κ3) is 3.56. The first-order chi connectivity index (χ1) is 17.4. The molecular formula is C28H33N5O2S. The number of benzene rings is 1. The molecule has 1 N–H and O–H groups in total. The number of hydrogen-bond acceptors (Lipinski definition) is 6. The zero-order valence-corrected chi connectivity index (χ0v) is 22.1. The van der Waals surface area contributed by atoms with Crippen LogP contribution in [0.25, 0.3) is 21.9 Å². The van der Waals surface area contributed by atoms with E-state index in [0.717, 1.165) is 36.1 Å². The van der Waals surface area contributed by atoms with Crippen molar-refractivity contribution in [2.45, 2.75) is 88.2 Å². The van der Waals surface area contributed by atoms with Gasteiger partial charge in [-0.15, -0.1) is 11.8 Å². The molecule has 6 heterocycles. The maximum absolute atomic E-state index is 6.48. The Kier molecular flexibility index (Phi) is 5.17. The van der Waals surface area contributed by atoms with E-state index in [9.17, 15) is 0 Å². The van der Waals surface area contributed by atoms with E-state index in [4.69, 9.17) is 9.47 Å². The average molecular weight is 504 g/mol. The summed E-state index contributed by atoms with van der Waals surface area (Å²) >= 11 is 1.96. The molecule has 36 heavy (non-hydrogen) atoms. The molecule has 1 aromatic carbocycles. The first-order valence-corrected chi connectivity index (χ1v) is 14.0. The molecule has 1 unspecified atom stereocenters. The number of rotatable bonds is 4. The van der Waals surface area contributed by atoms with Gasteiger partial charge in [-0.05, 0) is 70.7 Å². The summed E-state index contributed by atoms with van der Waals surface area (Å²) in [6.45, 7) is 9.31. The fourth-order valence-electron chi connectivity index (χ4n) is 6.27. The van der Waals surface area contributed by atoms with E-state index >= 15 is 0 Å². The number of aromatic nitrogens is 4. The lowest BCUT2D eigenvalue weighted by Gasteiger charge is -2.25. The molecule has 2 fully saturated rings. The third-order valence-corrected chi connectivity index (χ3v) is 9.67. The van der Waals surface area contributed by atoms with Crippen molar-refractivity contribution in [3.63, 3.8) is 0 Å². The highest BCUT2D eigenvalue weighted by molar-refractivity contribution is 8.00. The Labute approximate surface area is 215 Å². The minimum atomic E-state index is -0.581. The Bertz CT molecular complexity index is 1460. The summed E-state index contributed by atoms with van der Waals surface area (Å²) < 4.78 is 17.6. The molecule has 2 saturated heterocycles. The molecule has 0 saturated carbocycles. The molecule has 7 rings (SSSR count). The molecule has 188 valence electrons. The van der Waals surface area contributed by atoms with Gasteiger partial charge in [0.05, 0.1) is 11.2 Å². The van der Waals surface area contributed by atoms with Crippen LogP contribution >= 0.6 is 11.8 Å². The van der Waals surface area contributed by atoms with E-state index in [1.807, 2.05) is 32.5 Å². The topological polar surface area (TPSA) is 66.1 Å². The van der Waals surface area contributed by atoms with E-state index in [1.165, 1.54) is 28.6 Å². The van der Waals surface area contributed by atoms with Gasteiger partial charge < -0.3 is 23.9 Å². The summed E-state index contributed by atoms with van der Waals surface area (Å²) in [6.07, 6.45) is 9.43. The van der Waals surface area contributed by atoms with E-state index in [1.54, 1.807) is 6.33 Å². The van der Waals surface area contributed by atoms with Crippen LogP contribution in [0.1, 0.15) is 50.2 Å². The van der Waals surface area contributed by atoms with Crippen molar-refractivity contribution in [1.29, 1.82) is 0 Å². The molecule has 3 aliphatic rings. The molecule has 0 bridgehead atoms. The Balaban J connectivity index is 1.17. The van der Waals surface area contributed by atoms with Gasteiger partial charge in [0.25, 0.3) is 0 Å². The first kappa shape index (κ1) is 22.6. The third-order valence-electron chi connectivity index (χ3n) is 8.04. The Morgan fingerprint density at radius 2 is 1.92 bits per heavy atom. The normalized spacial score (nSPS) is 28.9. The van der Waals surface area contributed by atoms with Crippen molar-refractivity contribution in [3.8, 4) is 0 Å². The lowest BCUT2D eigenvalue weighted by atomic mass is 9.97. The molecule has 3 aliphatic heterocycles. The summed E-state index contributed by atoms with van der Waals surface area (Å²) in [6, 6.07) is 9.53. The van der Waals surface area contributed by atoms with E-state index in [-0.39, 0.29) is 17.6 Å². The monoisotopic (exact) mass is 503 g/mol. The number of nitrogens with one attached hydrogen (secondary N) is 1. The van der Waals surface area contributed by atoms with Crippen molar-refractivity contribution < 1.29 is 9.47 Å². The molecule has 0 aliphatic carbocycles. The van der Waals surface area contributed by atoms with Gasteiger partial charge in [-0.3, -0.25) is 0 Å². The van der Waals surface area contributed by atoms with Gasteiger partial charge in [-0.2, -0.15) is 0 Å². The van der Waals surface area contributed by atoms with Gasteiger partial charge in [0.2, 0.25) is 0 Å². The second-order valence-corrected chi connectivity index (χ2v) is 12.3. The fourth-order valence-corrected chi connectivity index (χ4v) is 7.90. The highest BCUT2D eigenvalue weighted by Gasteiger charge is 2.55. The van der Waals surface area contributed by atoms with Crippen LogP contribution in [0, 0.1) is 6.92 Å². The lowest BCUT2D eigenvalue weighted by Crippen LogP contribution is -2.29. The SMILES string of the molecule is Cc1ncnc2c1ccn2[C@@H]1S[C@@H](CCn2ccc3c4c(ccc32)CCC(C)N4)[C@H]2OC(C)(C)O[C@H]21. The average Bonchev–Trinajstić information content (AvgIpc) is 3.60. The number of aryl methyl sites for hydroxylation is 3. The van der Waals surface area contributed by atoms with Gasteiger partial charge in [0.15, 0.2) is 5.79 Å². The van der Waals surface area contributed by atoms with Crippen LogP contribution in [0.3, 0.4) is 0 Å². The van der Waals surface area contributed by atoms with E-state index < -0.39 is 5.79 Å². The summed E-state index contributed by atoms with van der Waals surface area (Å²) in [7, 11) is 0. The van der Waals surface area contributed by atoms with Crippen molar-refractivity contribution in [2.75, 3.05) is 5.32 Å². The van der Waals surface area contributed by atoms with Crippen LogP contribution in [0.2, 0.25) is 0 Å². The van der Waals surface area contributed by atoms with E-state index in [2.05, 4.69) is 68.0 Å². The van der Waals surface area contributed by atoms with Gasteiger partial charge in [-0.1, -0.05) is 6.07 Å². The van der Waals surface area contributed by atoms with Crippen molar-refractivity contribution in [2.24, 2.45) is 0 Å². The van der Waals surface area contributed by atoms with Crippen LogP contribution in [0.5, 0.6) is 0 Å². The first-order valence-electron chi connectivity index (χ1n) is 13.0. The highest BCUT2D eigenvalue weighted by Crippen LogP contribution is 2.52. The number of thioether (sulfide) groups is 1. The molecule has 5 atom stereocenters. The van der Waals surface area contributed by atoms with Crippen molar-refractivity contribution >= 4 is 39.4 Å². The summed E-state index contributed by atoms with van der Waals surface area (Å²) in [4.78, 5) is 8.99. The predicted molar refractivity (Wildman–Crippen MR) is 144 cm³/mol. The van der Waals surface area contributed by atoms with E-state index in [0.29, 0.717) is 11.3 Å². The summed E-state index contributed by atoms with van der Waals surface area (Å²) in [5.74, 6) is -0.581. The molecule has 0 radical (unpaired) electrons. The molecule has 3 aromatic heterocycles. The van der Waals surface area contributed by atoms with Crippen LogP contribution < -0.4 is 5.32 Å². The predicted octanol–water partition coefficient (Wildman–Crippen LogP) is 5.67. The quantitative estimate of drug-likeness (QED) is 0.387. The van der Waals surface area contributed by atoms with Crippen LogP contribution in [0.15, 0.2) is 43.0 Å². The minimum Gasteiger partial charge on any atom is -0.382 e. The Hall–Kier alpha value is -2.55. The number of hydrogen-bond donors (Lipinski definition) is 1. The lowest BCUT2D eigenvalue weighted by molar-refractivity contribution is -0.148. The standard InChI is InChI=1S/C28H33N5O2S/c1-16-5-6-18-7-8-21-20(23(18)31-16)9-12-32(21)13-11-22-24-25(35-28(3,4)34-24)27(36-22)33-14-10-19-17(2)29-15-30-26(19)33/h7-10,12,14-16,22,24-25,27,31H,5-6,11,13H2,1-4H3/t16?,22-,24+,25+,27+/m0/s1. The molecular weight excluding hydrogens is 470 g/mol. The summed E-state index contributed by atoms with van der Waals surface area (Å²) in [5.41, 5.74) is 6.04. The van der Waals surface area contributed by atoms with Crippen LogP contribution in [-0.4, -0.2) is 48.4 Å². The van der Waals surface area contributed by atoms with Crippen molar-refractivity contribution in [1.82, 2.24) is 19.1 Å². The van der Waals surface area contributed by atoms with Gasteiger partial charge >= 0.3 is 0 Å². The summed E-state index contributed by atoms with van der Waals surface area (Å²) in [5, 5.41) is 6.61. The molecule has 0 amide bonds. The van der Waals surface area contributed by atoms with Gasteiger partial charge in [-0.25, -0.2) is 9.97 Å². The maximum Gasteiger partial charge on any atom is 0.163 e. The molecule has 0 spiro atoms. The van der Waals surface area contributed by atoms with Crippen LogP contribution in [-0.2, 0) is 22.4 Å². The fraction of sp³-hybridized carbons (Fsp3) is 0.500. The Morgan fingerprint density at radius 1 is 1.08 bits per heavy atom. The molecule has 8 heteroatoms. The minimum absolute atomic E-state index is 0.0139. The number of nitrogens with zero attached hydrogens (tertiary/aromatic N) is 4. The number of fused-ring (bicyclic) bond motifs is 5. The molecule has 4 aromatic rings. The second kappa shape index (κ2) is 8.23. The van der Waals surface area contributed by atoms with Gasteiger partial charge in [0.1, 0.15) is 29.6 Å². The van der Waals surface area contributed by atoms with Gasteiger partial charge in [0, 0.05) is 46.7 Å². The highest BCUT2D eigenvalue weighted by atomic mass is 32.2. The smallest absolute Gasteiger partial charge is 0.163 e. The largest absolute Gasteiger partial charge is 0.382 e. The maximum atomic E-state index is 6.48. The number of ether oxygens (including phenoxy) is 2. The zero-order chi connectivity index (χ0) is 24.6. The second-order valence-electron chi connectivity index (χ2n) is 11.0. The Morgan fingerprint density at radius 3 is 2.81 bits per heavy atom. The number of anilines is 1.